The molecule has 0 aliphatic heterocycles. The van der Waals surface area contributed by atoms with E-state index < -0.39 is 5.82 Å². The summed E-state index contributed by atoms with van der Waals surface area (Å²) >= 11 is 5.56. The minimum absolute atomic E-state index is 0.0243. The van der Waals surface area contributed by atoms with Crippen LogP contribution in [0.4, 0.5) is 14.9 Å². The Labute approximate surface area is 120 Å². The molecule has 2 rings (SSSR count). The van der Waals surface area contributed by atoms with Crippen LogP contribution in [-0.2, 0) is 6.54 Å². The number of aryl methyl sites for hydroxylation is 1. The average Bonchev–Trinajstić information content (AvgIpc) is 2.92. The van der Waals surface area contributed by atoms with Gasteiger partial charge in [-0.3, -0.25) is 0 Å². The predicted molar refractivity (Wildman–Crippen MR) is 75.3 cm³/mol. The number of amides is 2. The topological polar surface area (TPSA) is 59.0 Å². The first-order valence-corrected chi connectivity index (χ1v) is 6.48. The highest BCUT2D eigenvalue weighted by Gasteiger charge is 2.04. The number of imidazole rings is 1. The van der Waals surface area contributed by atoms with Crippen LogP contribution in [0.15, 0.2) is 36.9 Å². The van der Waals surface area contributed by atoms with E-state index in [2.05, 4.69) is 15.6 Å². The van der Waals surface area contributed by atoms with Crippen molar-refractivity contribution < 1.29 is 9.18 Å². The first kappa shape index (κ1) is 14.3. The molecule has 7 heteroatoms. The van der Waals surface area contributed by atoms with E-state index in [1.165, 1.54) is 18.2 Å². The third-order valence-corrected chi connectivity index (χ3v) is 2.92. The summed E-state index contributed by atoms with van der Waals surface area (Å²) in [6.45, 7) is 1.29. The molecule has 0 saturated carbocycles. The molecule has 0 saturated heterocycles. The summed E-state index contributed by atoms with van der Waals surface area (Å²) in [7, 11) is 0. The number of urea groups is 1. The lowest BCUT2D eigenvalue weighted by atomic mass is 10.3. The quantitative estimate of drug-likeness (QED) is 0.834. The highest BCUT2D eigenvalue weighted by Crippen LogP contribution is 2.18. The van der Waals surface area contributed by atoms with E-state index in [0.717, 1.165) is 13.0 Å². The van der Waals surface area contributed by atoms with Gasteiger partial charge in [0.2, 0.25) is 0 Å². The van der Waals surface area contributed by atoms with Crippen molar-refractivity contribution in [3.63, 3.8) is 0 Å². The monoisotopic (exact) mass is 296 g/mol. The fraction of sp³-hybridized carbons (Fsp3) is 0.231. The summed E-state index contributed by atoms with van der Waals surface area (Å²) in [5.74, 6) is -0.565. The van der Waals surface area contributed by atoms with E-state index in [9.17, 15) is 9.18 Å². The third kappa shape index (κ3) is 4.24. The second-order valence-electron chi connectivity index (χ2n) is 4.16. The number of nitrogens with zero attached hydrogens (tertiary/aromatic N) is 2. The molecule has 1 aromatic carbocycles. The van der Waals surface area contributed by atoms with Gasteiger partial charge in [0.15, 0.2) is 0 Å². The molecule has 20 heavy (non-hydrogen) atoms. The Hall–Kier alpha value is -2.08. The molecule has 0 radical (unpaired) electrons. The molecule has 5 nitrogen and oxygen atoms in total. The lowest BCUT2D eigenvalue weighted by Crippen LogP contribution is -2.30. The Morgan fingerprint density at radius 1 is 1.45 bits per heavy atom. The number of anilines is 1. The van der Waals surface area contributed by atoms with Gasteiger partial charge < -0.3 is 15.2 Å². The van der Waals surface area contributed by atoms with Crippen LogP contribution in [0, 0.1) is 5.82 Å². The molecule has 106 valence electrons. The van der Waals surface area contributed by atoms with Crippen molar-refractivity contribution >= 4 is 23.3 Å². The van der Waals surface area contributed by atoms with Crippen LogP contribution >= 0.6 is 11.6 Å². The number of hydrogen-bond acceptors (Lipinski definition) is 2. The molecular weight excluding hydrogens is 283 g/mol. The molecule has 0 aliphatic carbocycles. The largest absolute Gasteiger partial charge is 0.338 e. The van der Waals surface area contributed by atoms with Gasteiger partial charge in [-0.2, -0.15) is 0 Å². The van der Waals surface area contributed by atoms with Gasteiger partial charge in [0.25, 0.3) is 0 Å². The zero-order valence-corrected chi connectivity index (χ0v) is 11.4. The molecule has 0 spiro atoms. The Kier molecular flexibility index (Phi) is 4.95. The number of hydrogen-bond donors (Lipinski definition) is 2. The Morgan fingerprint density at radius 3 is 3.00 bits per heavy atom. The first-order valence-electron chi connectivity index (χ1n) is 6.11. The summed E-state index contributed by atoms with van der Waals surface area (Å²) < 4.78 is 15.1. The summed E-state index contributed by atoms with van der Waals surface area (Å²) in [6, 6.07) is 3.73. The maximum atomic E-state index is 13.2. The van der Waals surface area contributed by atoms with E-state index in [0.29, 0.717) is 12.2 Å². The Balaban J connectivity index is 1.71. The minimum Gasteiger partial charge on any atom is -0.338 e. The smallest absolute Gasteiger partial charge is 0.319 e. The van der Waals surface area contributed by atoms with Gasteiger partial charge in [-0.1, -0.05) is 11.6 Å². The second kappa shape index (κ2) is 6.91. The van der Waals surface area contributed by atoms with Crippen LogP contribution in [-0.4, -0.2) is 22.1 Å². The van der Waals surface area contributed by atoms with Gasteiger partial charge in [0.05, 0.1) is 11.3 Å². The molecule has 0 bridgehead atoms. The van der Waals surface area contributed by atoms with Crippen LogP contribution in [0.2, 0.25) is 5.02 Å². The van der Waals surface area contributed by atoms with Gasteiger partial charge >= 0.3 is 6.03 Å². The lowest BCUT2D eigenvalue weighted by molar-refractivity contribution is 0.252. The Bertz CT molecular complexity index is 574. The molecule has 1 heterocycles. The first-order chi connectivity index (χ1) is 9.65. The van der Waals surface area contributed by atoms with Gasteiger partial charge in [0, 0.05) is 31.2 Å². The van der Waals surface area contributed by atoms with Crippen LogP contribution in [0.5, 0.6) is 0 Å². The predicted octanol–water partition coefficient (Wildman–Crippen LogP) is 2.89. The molecule has 0 aliphatic rings. The highest BCUT2D eigenvalue weighted by atomic mass is 35.5. The standard InChI is InChI=1S/C13H14ClFN4O/c14-11-3-2-10(8-12(11)15)18-13(20)17-4-1-6-19-7-5-16-9-19/h2-3,5,7-9H,1,4,6H2,(H2,17,18,20). The van der Waals surface area contributed by atoms with Crippen molar-refractivity contribution in [1.82, 2.24) is 14.9 Å². The SMILES string of the molecule is O=C(NCCCn1ccnc1)Nc1ccc(Cl)c(F)c1. The molecule has 0 atom stereocenters. The van der Waals surface area contributed by atoms with Crippen molar-refractivity contribution in [3.8, 4) is 0 Å². The fourth-order valence-electron chi connectivity index (χ4n) is 1.63. The molecular formula is C13H14ClFN4O. The van der Waals surface area contributed by atoms with Gasteiger partial charge in [-0.25, -0.2) is 14.2 Å². The zero-order chi connectivity index (χ0) is 14.4. The van der Waals surface area contributed by atoms with Crippen molar-refractivity contribution in [2.45, 2.75) is 13.0 Å². The average molecular weight is 297 g/mol. The van der Waals surface area contributed by atoms with Crippen molar-refractivity contribution in [3.05, 3.63) is 47.8 Å². The number of nitrogens with one attached hydrogen (secondary N) is 2. The molecule has 1 aromatic heterocycles. The van der Waals surface area contributed by atoms with Crippen molar-refractivity contribution in [2.24, 2.45) is 0 Å². The summed E-state index contributed by atoms with van der Waals surface area (Å²) in [5, 5.41) is 5.25. The fourth-order valence-corrected chi connectivity index (χ4v) is 1.75. The van der Waals surface area contributed by atoms with Crippen molar-refractivity contribution in [2.75, 3.05) is 11.9 Å². The Morgan fingerprint density at radius 2 is 2.30 bits per heavy atom. The van der Waals surface area contributed by atoms with Crippen LogP contribution < -0.4 is 10.6 Å². The minimum atomic E-state index is -0.565. The normalized spacial score (nSPS) is 10.3. The van der Waals surface area contributed by atoms with Crippen LogP contribution in [0.25, 0.3) is 0 Å². The van der Waals surface area contributed by atoms with E-state index in [1.807, 2.05) is 10.8 Å². The number of aromatic nitrogens is 2. The van der Waals surface area contributed by atoms with Crippen LogP contribution in [0.3, 0.4) is 0 Å². The zero-order valence-electron chi connectivity index (χ0n) is 10.6. The van der Waals surface area contributed by atoms with E-state index >= 15 is 0 Å². The highest BCUT2D eigenvalue weighted by molar-refractivity contribution is 6.30. The number of halogens is 2. The maximum Gasteiger partial charge on any atom is 0.319 e. The summed E-state index contributed by atoms with van der Waals surface area (Å²) in [4.78, 5) is 15.5. The van der Waals surface area contributed by atoms with Crippen LogP contribution in [0.1, 0.15) is 6.42 Å². The summed E-state index contributed by atoms with van der Waals surface area (Å²) in [5.41, 5.74) is 0.360. The maximum absolute atomic E-state index is 13.2. The molecule has 2 N–H and O–H groups in total. The molecule has 0 fully saturated rings. The lowest BCUT2D eigenvalue weighted by Gasteiger charge is -2.08. The third-order valence-electron chi connectivity index (χ3n) is 2.62. The second-order valence-corrected chi connectivity index (χ2v) is 4.57. The van der Waals surface area contributed by atoms with Crippen molar-refractivity contribution in [1.29, 1.82) is 0 Å². The number of benzene rings is 1. The molecule has 2 aromatic rings. The molecule has 0 unspecified atom stereocenters. The van der Waals surface area contributed by atoms with E-state index in [1.54, 1.807) is 12.5 Å². The van der Waals surface area contributed by atoms with Gasteiger partial charge in [-0.15, -0.1) is 0 Å². The van der Waals surface area contributed by atoms with E-state index in [4.69, 9.17) is 11.6 Å². The van der Waals surface area contributed by atoms with Gasteiger partial charge in [-0.05, 0) is 24.6 Å². The number of carbonyl (C=O) groups excluding carboxylic acids is 1. The van der Waals surface area contributed by atoms with Gasteiger partial charge in [0.1, 0.15) is 5.82 Å². The molecule has 2 amide bonds. The summed E-state index contributed by atoms with van der Waals surface area (Å²) in [6.07, 6.45) is 6.06. The van der Waals surface area contributed by atoms with E-state index in [-0.39, 0.29) is 11.1 Å². The number of rotatable bonds is 5. The number of carbonyl (C=O) groups is 1.